The summed E-state index contributed by atoms with van der Waals surface area (Å²) in [7, 11) is 0. The normalized spacial score (nSPS) is 24.8. The topological polar surface area (TPSA) is 12.0 Å². The summed E-state index contributed by atoms with van der Waals surface area (Å²) in [4.78, 5) is 0. The van der Waals surface area contributed by atoms with Gasteiger partial charge in [0.2, 0.25) is 0 Å². The van der Waals surface area contributed by atoms with Crippen molar-refractivity contribution in [3.63, 3.8) is 0 Å². The Hall–Kier alpha value is -0.890. The van der Waals surface area contributed by atoms with Crippen LogP contribution >= 0.6 is 0 Å². The minimum absolute atomic E-state index is 0.0885. The lowest BCUT2D eigenvalue weighted by molar-refractivity contribution is 0.354. The molecule has 2 heteroatoms. The number of nitrogens with one attached hydrogen (secondary N) is 1. The second-order valence-corrected chi connectivity index (χ2v) is 5.70. The number of hydrogen-bond acceptors (Lipinski definition) is 1. The molecule has 2 unspecified atom stereocenters. The van der Waals surface area contributed by atoms with Crippen molar-refractivity contribution in [2.75, 3.05) is 0 Å². The summed E-state index contributed by atoms with van der Waals surface area (Å²) in [5, 5.41) is 3.56. The molecule has 0 aromatic heterocycles. The lowest BCUT2D eigenvalue weighted by atomic mass is 9.96. The van der Waals surface area contributed by atoms with Crippen LogP contribution in [0.5, 0.6) is 0 Å². The van der Waals surface area contributed by atoms with E-state index in [4.69, 9.17) is 0 Å². The average molecular weight is 249 g/mol. The maximum absolute atomic E-state index is 13.7. The van der Waals surface area contributed by atoms with Gasteiger partial charge in [-0.15, -0.1) is 0 Å². The number of hydrogen-bond donors (Lipinski definition) is 1. The van der Waals surface area contributed by atoms with Crippen LogP contribution in [-0.4, -0.2) is 6.04 Å². The highest BCUT2D eigenvalue weighted by atomic mass is 19.1. The van der Waals surface area contributed by atoms with Crippen LogP contribution in [0, 0.1) is 18.7 Å². The molecule has 1 fully saturated rings. The second kappa shape index (κ2) is 6.33. The van der Waals surface area contributed by atoms with E-state index < -0.39 is 0 Å². The Morgan fingerprint density at radius 1 is 1.22 bits per heavy atom. The molecule has 1 saturated carbocycles. The standard InChI is InChI=1S/C16H24FN/c1-12-8-9-15(17)14(10-12)11-18-16-7-5-3-4-6-13(16)2/h8-10,13,16,18H,3-7,11H2,1-2H3. The summed E-state index contributed by atoms with van der Waals surface area (Å²) in [6.45, 7) is 4.98. The minimum atomic E-state index is -0.0885. The monoisotopic (exact) mass is 249 g/mol. The van der Waals surface area contributed by atoms with Crippen molar-refractivity contribution in [3.8, 4) is 0 Å². The Morgan fingerprint density at radius 2 is 2.00 bits per heavy atom. The van der Waals surface area contributed by atoms with E-state index in [1.165, 1.54) is 32.1 Å². The molecule has 1 aromatic carbocycles. The first-order chi connectivity index (χ1) is 8.66. The van der Waals surface area contributed by atoms with Crippen LogP contribution in [-0.2, 0) is 6.54 Å². The van der Waals surface area contributed by atoms with Crippen molar-refractivity contribution < 1.29 is 4.39 Å². The Bertz CT molecular complexity index is 389. The van der Waals surface area contributed by atoms with Gasteiger partial charge < -0.3 is 5.32 Å². The van der Waals surface area contributed by atoms with E-state index in [0.717, 1.165) is 11.1 Å². The van der Waals surface area contributed by atoms with Crippen LogP contribution in [0.1, 0.15) is 50.2 Å². The van der Waals surface area contributed by atoms with Crippen molar-refractivity contribution in [1.82, 2.24) is 5.32 Å². The molecule has 0 saturated heterocycles. The third kappa shape index (κ3) is 3.55. The van der Waals surface area contributed by atoms with Crippen LogP contribution in [0.25, 0.3) is 0 Å². The van der Waals surface area contributed by atoms with Gasteiger partial charge in [-0.25, -0.2) is 4.39 Å². The number of benzene rings is 1. The van der Waals surface area contributed by atoms with Crippen molar-refractivity contribution in [2.24, 2.45) is 5.92 Å². The fourth-order valence-corrected chi connectivity index (χ4v) is 2.88. The Balaban J connectivity index is 1.95. The highest BCUT2D eigenvalue weighted by molar-refractivity contribution is 5.23. The molecule has 0 bridgehead atoms. The minimum Gasteiger partial charge on any atom is -0.310 e. The van der Waals surface area contributed by atoms with E-state index in [0.29, 0.717) is 18.5 Å². The number of halogens is 1. The zero-order valence-corrected chi connectivity index (χ0v) is 11.5. The molecule has 0 aliphatic heterocycles. The summed E-state index contributed by atoms with van der Waals surface area (Å²) in [6.07, 6.45) is 6.53. The van der Waals surface area contributed by atoms with E-state index in [9.17, 15) is 4.39 Å². The first-order valence-electron chi connectivity index (χ1n) is 7.15. The SMILES string of the molecule is Cc1ccc(F)c(CNC2CCCCCC2C)c1. The first-order valence-corrected chi connectivity index (χ1v) is 7.15. The first kappa shape index (κ1) is 13.5. The largest absolute Gasteiger partial charge is 0.310 e. The summed E-state index contributed by atoms with van der Waals surface area (Å²) in [6, 6.07) is 5.90. The Kier molecular flexibility index (Phi) is 4.76. The van der Waals surface area contributed by atoms with Crippen molar-refractivity contribution in [2.45, 2.75) is 58.5 Å². The van der Waals surface area contributed by atoms with Gasteiger partial charge in [0.05, 0.1) is 0 Å². The van der Waals surface area contributed by atoms with Gasteiger partial charge in [0, 0.05) is 18.2 Å². The zero-order valence-electron chi connectivity index (χ0n) is 11.5. The van der Waals surface area contributed by atoms with E-state index in [2.05, 4.69) is 12.2 Å². The molecule has 1 N–H and O–H groups in total. The smallest absolute Gasteiger partial charge is 0.127 e. The molecule has 18 heavy (non-hydrogen) atoms. The van der Waals surface area contributed by atoms with Crippen molar-refractivity contribution in [1.29, 1.82) is 0 Å². The van der Waals surface area contributed by atoms with E-state index in [-0.39, 0.29) is 5.82 Å². The fraction of sp³-hybridized carbons (Fsp3) is 0.625. The molecule has 1 aliphatic rings. The fourth-order valence-electron chi connectivity index (χ4n) is 2.88. The van der Waals surface area contributed by atoms with Crippen LogP contribution in [0.4, 0.5) is 4.39 Å². The molecule has 1 aliphatic carbocycles. The third-order valence-electron chi connectivity index (χ3n) is 4.12. The summed E-state index contributed by atoms with van der Waals surface area (Å²) < 4.78 is 13.7. The van der Waals surface area contributed by atoms with Crippen LogP contribution in [0.15, 0.2) is 18.2 Å². The highest BCUT2D eigenvalue weighted by Gasteiger charge is 2.19. The molecule has 1 aromatic rings. The van der Waals surface area contributed by atoms with Crippen LogP contribution < -0.4 is 5.32 Å². The quantitative estimate of drug-likeness (QED) is 0.792. The van der Waals surface area contributed by atoms with Gasteiger partial charge in [-0.2, -0.15) is 0 Å². The molecule has 2 rings (SSSR count). The van der Waals surface area contributed by atoms with Gasteiger partial charge in [-0.3, -0.25) is 0 Å². The zero-order chi connectivity index (χ0) is 13.0. The van der Waals surface area contributed by atoms with Gasteiger partial charge in [0.1, 0.15) is 5.82 Å². The van der Waals surface area contributed by atoms with Crippen molar-refractivity contribution >= 4 is 0 Å². The second-order valence-electron chi connectivity index (χ2n) is 5.70. The molecular weight excluding hydrogens is 225 g/mol. The number of aryl methyl sites for hydroxylation is 1. The molecule has 2 atom stereocenters. The van der Waals surface area contributed by atoms with E-state index in [1.54, 1.807) is 6.07 Å². The summed E-state index contributed by atoms with van der Waals surface area (Å²) >= 11 is 0. The molecular formula is C16H24FN. The Labute approximate surface area is 110 Å². The van der Waals surface area contributed by atoms with Gasteiger partial charge >= 0.3 is 0 Å². The van der Waals surface area contributed by atoms with Crippen LogP contribution in [0.3, 0.4) is 0 Å². The van der Waals surface area contributed by atoms with E-state index in [1.807, 2.05) is 19.1 Å². The lowest BCUT2D eigenvalue weighted by Gasteiger charge is -2.23. The van der Waals surface area contributed by atoms with Gasteiger partial charge in [0.15, 0.2) is 0 Å². The average Bonchev–Trinajstić information content (AvgIpc) is 2.55. The summed E-state index contributed by atoms with van der Waals surface area (Å²) in [5.41, 5.74) is 1.92. The molecule has 1 nitrogen and oxygen atoms in total. The predicted octanol–water partition coefficient (Wildman–Crippen LogP) is 4.19. The van der Waals surface area contributed by atoms with Gasteiger partial charge in [-0.1, -0.05) is 43.9 Å². The van der Waals surface area contributed by atoms with Crippen molar-refractivity contribution in [3.05, 3.63) is 35.1 Å². The lowest BCUT2D eigenvalue weighted by Crippen LogP contribution is -2.34. The molecule has 0 heterocycles. The van der Waals surface area contributed by atoms with E-state index >= 15 is 0 Å². The van der Waals surface area contributed by atoms with Gasteiger partial charge in [-0.05, 0) is 31.7 Å². The number of rotatable bonds is 3. The molecule has 0 spiro atoms. The Morgan fingerprint density at radius 3 is 2.83 bits per heavy atom. The maximum Gasteiger partial charge on any atom is 0.127 e. The van der Waals surface area contributed by atoms with Gasteiger partial charge in [0.25, 0.3) is 0 Å². The highest BCUT2D eigenvalue weighted by Crippen LogP contribution is 2.23. The molecule has 0 radical (unpaired) electrons. The van der Waals surface area contributed by atoms with Crippen LogP contribution in [0.2, 0.25) is 0 Å². The third-order valence-corrected chi connectivity index (χ3v) is 4.12. The molecule has 100 valence electrons. The maximum atomic E-state index is 13.7. The predicted molar refractivity (Wildman–Crippen MR) is 74.0 cm³/mol. The summed E-state index contributed by atoms with van der Waals surface area (Å²) in [5.74, 6) is 0.620. The molecule has 0 amide bonds.